The van der Waals surface area contributed by atoms with E-state index < -0.39 is 0 Å². The van der Waals surface area contributed by atoms with Crippen molar-refractivity contribution in [3.05, 3.63) is 95.1 Å². The standard InChI is InChI=1S/C24H25FN2O2/c1-28-22-4-2-3-20(14-22)16-27-11-12-29-24(17-27)23-10-7-19(15-26-23)13-18-5-8-21(25)9-6-18/h2-10,14-15,24H,11-13,16-17H2,1H3/t24-/m1/s1. The summed E-state index contributed by atoms with van der Waals surface area (Å²) in [4.78, 5) is 7.03. The van der Waals surface area contributed by atoms with Gasteiger partial charge in [0, 0.05) is 25.8 Å². The lowest BCUT2D eigenvalue weighted by molar-refractivity contribution is -0.0350. The van der Waals surface area contributed by atoms with Crippen molar-refractivity contribution >= 4 is 0 Å². The van der Waals surface area contributed by atoms with Gasteiger partial charge in [0.2, 0.25) is 0 Å². The maximum absolute atomic E-state index is 13.1. The average molecular weight is 392 g/mol. The SMILES string of the molecule is COc1cccc(CN2CCO[C@@H](c3ccc(Cc4ccc(F)cc4)cn3)C2)c1. The molecule has 1 aliphatic heterocycles. The molecule has 0 N–H and O–H groups in total. The number of pyridine rings is 1. The van der Waals surface area contributed by atoms with Gasteiger partial charge in [0.15, 0.2) is 0 Å². The predicted molar refractivity (Wildman–Crippen MR) is 110 cm³/mol. The highest BCUT2D eigenvalue weighted by Crippen LogP contribution is 2.23. The molecular weight excluding hydrogens is 367 g/mol. The summed E-state index contributed by atoms with van der Waals surface area (Å²) in [6.45, 7) is 3.26. The van der Waals surface area contributed by atoms with Gasteiger partial charge in [-0.25, -0.2) is 4.39 Å². The molecule has 2 heterocycles. The lowest BCUT2D eigenvalue weighted by Gasteiger charge is -2.32. The van der Waals surface area contributed by atoms with Gasteiger partial charge in [-0.05, 0) is 53.4 Å². The second-order valence-corrected chi connectivity index (χ2v) is 7.34. The van der Waals surface area contributed by atoms with Crippen molar-refractivity contribution in [2.45, 2.75) is 19.1 Å². The second-order valence-electron chi connectivity index (χ2n) is 7.34. The van der Waals surface area contributed by atoms with Crippen LogP contribution in [0.15, 0.2) is 66.9 Å². The van der Waals surface area contributed by atoms with E-state index in [9.17, 15) is 4.39 Å². The zero-order valence-electron chi connectivity index (χ0n) is 16.6. The number of hydrogen-bond donors (Lipinski definition) is 0. The Balaban J connectivity index is 1.38. The van der Waals surface area contributed by atoms with Crippen molar-refractivity contribution in [2.24, 2.45) is 0 Å². The van der Waals surface area contributed by atoms with E-state index in [1.807, 2.05) is 36.5 Å². The molecule has 1 fully saturated rings. The lowest BCUT2D eigenvalue weighted by atomic mass is 10.1. The number of halogens is 1. The fourth-order valence-corrected chi connectivity index (χ4v) is 3.62. The first-order valence-corrected chi connectivity index (χ1v) is 9.86. The van der Waals surface area contributed by atoms with Crippen molar-refractivity contribution in [1.82, 2.24) is 9.88 Å². The van der Waals surface area contributed by atoms with E-state index in [-0.39, 0.29) is 11.9 Å². The number of aromatic nitrogens is 1. The van der Waals surface area contributed by atoms with Crippen molar-refractivity contribution in [3.63, 3.8) is 0 Å². The van der Waals surface area contributed by atoms with Crippen LogP contribution in [0.25, 0.3) is 0 Å². The Morgan fingerprint density at radius 3 is 2.66 bits per heavy atom. The number of benzene rings is 2. The normalized spacial score (nSPS) is 17.2. The molecule has 3 aromatic rings. The topological polar surface area (TPSA) is 34.6 Å². The van der Waals surface area contributed by atoms with Crippen LogP contribution in [-0.4, -0.2) is 36.7 Å². The number of nitrogens with zero attached hydrogens (tertiary/aromatic N) is 2. The van der Waals surface area contributed by atoms with Gasteiger partial charge < -0.3 is 9.47 Å². The summed E-state index contributed by atoms with van der Waals surface area (Å²) >= 11 is 0. The van der Waals surface area contributed by atoms with Crippen molar-refractivity contribution < 1.29 is 13.9 Å². The summed E-state index contributed by atoms with van der Waals surface area (Å²) in [6, 6.07) is 18.9. The molecule has 0 bridgehead atoms. The third-order valence-corrected chi connectivity index (χ3v) is 5.19. The zero-order valence-corrected chi connectivity index (χ0v) is 16.6. The minimum atomic E-state index is -0.213. The van der Waals surface area contributed by atoms with Crippen LogP contribution in [0.3, 0.4) is 0 Å². The van der Waals surface area contributed by atoms with E-state index in [4.69, 9.17) is 9.47 Å². The Hall–Kier alpha value is -2.76. The molecule has 1 saturated heterocycles. The molecule has 0 amide bonds. The third-order valence-electron chi connectivity index (χ3n) is 5.19. The summed E-state index contributed by atoms with van der Waals surface area (Å²) in [5.41, 5.74) is 4.35. The Morgan fingerprint density at radius 2 is 1.90 bits per heavy atom. The van der Waals surface area contributed by atoms with Gasteiger partial charge >= 0.3 is 0 Å². The largest absolute Gasteiger partial charge is 0.497 e. The van der Waals surface area contributed by atoms with Crippen LogP contribution in [-0.2, 0) is 17.7 Å². The summed E-state index contributed by atoms with van der Waals surface area (Å²) in [7, 11) is 1.69. The van der Waals surface area contributed by atoms with E-state index in [1.165, 1.54) is 17.7 Å². The van der Waals surface area contributed by atoms with Gasteiger partial charge in [-0.2, -0.15) is 0 Å². The number of hydrogen-bond acceptors (Lipinski definition) is 4. The Kier molecular flexibility index (Phi) is 6.17. The van der Waals surface area contributed by atoms with Gasteiger partial charge in [-0.1, -0.05) is 30.3 Å². The molecule has 0 radical (unpaired) electrons. The van der Waals surface area contributed by atoms with Crippen molar-refractivity contribution in [2.75, 3.05) is 26.8 Å². The Bertz CT molecular complexity index is 928. The molecule has 150 valence electrons. The van der Waals surface area contributed by atoms with Crippen molar-refractivity contribution in [1.29, 1.82) is 0 Å². The van der Waals surface area contributed by atoms with E-state index >= 15 is 0 Å². The van der Waals surface area contributed by atoms with Crippen LogP contribution in [0.4, 0.5) is 4.39 Å². The van der Waals surface area contributed by atoms with E-state index in [0.29, 0.717) is 6.61 Å². The Morgan fingerprint density at radius 1 is 1.07 bits per heavy atom. The highest BCUT2D eigenvalue weighted by Gasteiger charge is 2.23. The third kappa shape index (κ3) is 5.19. The predicted octanol–water partition coefficient (Wildman–Crippen LogP) is 4.39. The molecule has 4 nitrogen and oxygen atoms in total. The van der Waals surface area contributed by atoms with Gasteiger partial charge in [0.25, 0.3) is 0 Å². The van der Waals surface area contributed by atoms with Crippen LogP contribution in [0.2, 0.25) is 0 Å². The molecule has 0 saturated carbocycles. The smallest absolute Gasteiger partial charge is 0.123 e. The van der Waals surface area contributed by atoms with E-state index in [2.05, 4.69) is 28.1 Å². The first kappa shape index (κ1) is 19.6. The number of rotatable bonds is 6. The highest BCUT2D eigenvalue weighted by atomic mass is 19.1. The fraction of sp³-hybridized carbons (Fsp3) is 0.292. The van der Waals surface area contributed by atoms with Crippen molar-refractivity contribution in [3.8, 4) is 5.75 Å². The van der Waals surface area contributed by atoms with Gasteiger partial charge in [-0.15, -0.1) is 0 Å². The molecule has 0 aliphatic carbocycles. The molecule has 5 heteroatoms. The maximum Gasteiger partial charge on any atom is 0.123 e. The van der Waals surface area contributed by atoms with E-state index in [0.717, 1.165) is 48.6 Å². The number of ether oxygens (including phenoxy) is 2. The van der Waals surface area contributed by atoms with Crippen LogP contribution in [0, 0.1) is 5.82 Å². The quantitative estimate of drug-likeness (QED) is 0.623. The Labute approximate surface area is 170 Å². The molecule has 29 heavy (non-hydrogen) atoms. The molecule has 1 aliphatic rings. The van der Waals surface area contributed by atoms with Crippen LogP contribution in [0.1, 0.15) is 28.5 Å². The minimum absolute atomic E-state index is 0.0331. The zero-order chi connectivity index (χ0) is 20.1. The molecule has 0 unspecified atom stereocenters. The summed E-state index contributed by atoms with van der Waals surface area (Å²) in [6.07, 6.45) is 2.60. The molecule has 1 aromatic heterocycles. The summed E-state index contributed by atoms with van der Waals surface area (Å²) < 4.78 is 24.4. The minimum Gasteiger partial charge on any atom is -0.497 e. The first-order valence-electron chi connectivity index (χ1n) is 9.86. The summed E-state index contributed by atoms with van der Waals surface area (Å²) in [5.74, 6) is 0.667. The van der Waals surface area contributed by atoms with Gasteiger partial charge in [0.05, 0.1) is 19.4 Å². The van der Waals surface area contributed by atoms with Crippen LogP contribution >= 0.6 is 0 Å². The molecule has 2 aromatic carbocycles. The maximum atomic E-state index is 13.1. The highest BCUT2D eigenvalue weighted by molar-refractivity contribution is 5.29. The number of morpholine rings is 1. The van der Waals surface area contributed by atoms with Crippen LogP contribution in [0.5, 0.6) is 5.75 Å². The lowest BCUT2D eigenvalue weighted by Crippen LogP contribution is -2.38. The van der Waals surface area contributed by atoms with Gasteiger partial charge in [0.1, 0.15) is 17.7 Å². The molecule has 4 rings (SSSR count). The van der Waals surface area contributed by atoms with E-state index in [1.54, 1.807) is 7.11 Å². The number of methoxy groups -OCH3 is 1. The van der Waals surface area contributed by atoms with Gasteiger partial charge in [-0.3, -0.25) is 9.88 Å². The fourth-order valence-electron chi connectivity index (χ4n) is 3.62. The molecule has 0 spiro atoms. The first-order chi connectivity index (χ1) is 14.2. The second kappa shape index (κ2) is 9.16. The summed E-state index contributed by atoms with van der Waals surface area (Å²) in [5, 5.41) is 0. The average Bonchev–Trinajstić information content (AvgIpc) is 2.76. The van der Waals surface area contributed by atoms with Crippen LogP contribution < -0.4 is 4.74 Å². The molecular formula is C24H25FN2O2. The monoisotopic (exact) mass is 392 g/mol. The molecule has 1 atom stereocenters.